The van der Waals surface area contributed by atoms with Gasteiger partial charge in [0.15, 0.2) is 0 Å². The number of methoxy groups -OCH3 is 1. The summed E-state index contributed by atoms with van der Waals surface area (Å²) in [6, 6.07) is 4.36. The van der Waals surface area contributed by atoms with E-state index in [9.17, 15) is 9.59 Å². The molecule has 6 nitrogen and oxygen atoms in total. The van der Waals surface area contributed by atoms with Gasteiger partial charge in [-0.05, 0) is 31.0 Å². The van der Waals surface area contributed by atoms with E-state index in [1.165, 1.54) is 0 Å². The Balaban J connectivity index is 2.41. The van der Waals surface area contributed by atoms with E-state index in [1.807, 2.05) is 26.0 Å². The van der Waals surface area contributed by atoms with E-state index < -0.39 is 24.0 Å². The van der Waals surface area contributed by atoms with Crippen LogP contribution in [0, 0.1) is 11.8 Å². The van der Waals surface area contributed by atoms with Crippen LogP contribution < -0.4 is 10.1 Å². The molecule has 0 fully saturated rings. The summed E-state index contributed by atoms with van der Waals surface area (Å²) in [6.07, 6.45) is 0. The molecule has 2 amide bonds. The molecule has 1 aromatic carbocycles. The number of aliphatic imine (C=N–C) groups is 1. The van der Waals surface area contributed by atoms with Crippen LogP contribution in [0.15, 0.2) is 27.7 Å². The highest BCUT2D eigenvalue weighted by Crippen LogP contribution is 2.35. The SMILES string of the molecule is COc1ccc(Br)cc1C1NC(=O)N=C(C)C1C(=O)OCC(C)C. The summed E-state index contributed by atoms with van der Waals surface area (Å²) in [5.74, 6) is -0.287. The average Bonchev–Trinajstić information content (AvgIpc) is 2.51. The van der Waals surface area contributed by atoms with Crippen molar-refractivity contribution >= 4 is 33.6 Å². The number of rotatable bonds is 5. The Kier molecular flexibility index (Phi) is 5.99. The van der Waals surface area contributed by atoms with Gasteiger partial charge in [0.05, 0.1) is 19.8 Å². The van der Waals surface area contributed by atoms with E-state index in [2.05, 4.69) is 26.2 Å². The van der Waals surface area contributed by atoms with Gasteiger partial charge in [0.25, 0.3) is 0 Å². The molecule has 0 saturated heterocycles. The zero-order chi connectivity index (χ0) is 17.9. The second kappa shape index (κ2) is 7.79. The quantitative estimate of drug-likeness (QED) is 0.772. The summed E-state index contributed by atoms with van der Waals surface area (Å²) >= 11 is 3.41. The lowest BCUT2D eigenvalue weighted by atomic mass is 9.88. The standard InChI is InChI=1S/C17H21BrN2O4/c1-9(2)8-24-16(21)14-10(3)19-17(22)20-15(14)12-7-11(18)5-6-13(12)23-4/h5-7,9,14-15H,8H2,1-4H3,(H,20,22). The first-order chi connectivity index (χ1) is 11.3. The van der Waals surface area contributed by atoms with Crippen LogP contribution in [0.1, 0.15) is 32.4 Å². The fraction of sp³-hybridized carbons (Fsp3) is 0.471. The van der Waals surface area contributed by atoms with Crippen LogP contribution in [-0.4, -0.2) is 31.4 Å². The largest absolute Gasteiger partial charge is 0.496 e. The van der Waals surface area contributed by atoms with Gasteiger partial charge in [0, 0.05) is 15.7 Å². The Hall–Kier alpha value is -1.89. The van der Waals surface area contributed by atoms with E-state index in [1.54, 1.807) is 20.1 Å². The van der Waals surface area contributed by atoms with Crippen molar-refractivity contribution < 1.29 is 19.1 Å². The van der Waals surface area contributed by atoms with Gasteiger partial charge in [-0.3, -0.25) is 4.79 Å². The summed E-state index contributed by atoms with van der Waals surface area (Å²) in [5, 5.41) is 2.76. The highest BCUT2D eigenvalue weighted by atomic mass is 79.9. The van der Waals surface area contributed by atoms with E-state index in [0.717, 1.165) is 4.47 Å². The molecular formula is C17H21BrN2O4. The van der Waals surface area contributed by atoms with Crippen LogP contribution >= 0.6 is 15.9 Å². The third-order valence-corrected chi connectivity index (χ3v) is 4.17. The van der Waals surface area contributed by atoms with Crippen LogP contribution in [0.2, 0.25) is 0 Å². The Morgan fingerprint density at radius 3 is 2.75 bits per heavy atom. The molecule has 24 heavy (non-hydrogen) atoms. The van der Waals surface area contributed by atoms with Gasteiger partial charge in [-0.2, -0.15) is 0 Å². The van der Waals surface area contributed by atoms with Gasteiger partial charge < -0.3 is 14.8 Å². The molecule has 0 radical (unpaired) electrons. The first kappa shape index (κ1) is 18.4. The number of urea groups is 1. The summed E-state index contributed by atoms with van der Waals surface area (Å²) in [7, 11) is 1.55. The molecule has 130 valence electrons. The second-order valence-corrected chi connectivity index (χ2v) is 6.98. The third-order valence-electron chi connectivity index (χ3n) is 3.68. The van der Waals surface area contributed by atoms with E-state index >= 15 is 0 Å². The lowest BCUT2D eigenvalue weighted by Gasteiger charge is -2.30. The van der Waals surface area contributed by atoms with Crippen LogP contribution in [0.4, 0.5) is 4.79 Å². The van der Waals surface area contributed by atoms with Gasteiger partial charge >= 0.3 is 12.0 Å². The van der Waals surface area contributed by atoms with Gasteiger partial charge in [-0.15, -0.1) is 0 Å². The molecule has 1 aliphatic rings. The molecule has 0 saturated carbocycles. The van der Waals surface area contributed by atoms with Crippen LogP contribution in [0.25, 0.3) is 0 Å². The molecule has 0 spiro atoms. The van der Waals surface area contributed by atoms with Crippen molar-refractivity contribution in [2.24, 2.45) is 16.8 Å². The van der Waals surface area contributed by atoms with Crippen LogP contribution in [0.5, 0.6) is 5.75 Å². The molecular weight excluding hydrogens is 376 g/mol. The van der Waals surface area contributed by atoms with Crippen molar-refractivity contribution in [1.29, 1.82) is 0 Å². The van der Waals surface area contributed by atoms with Crippen molar-refractivity contribution in [3.8, 4) is 5.75 Å². The van der Waals surface area contributed by atoms with Crippen LogP contribution in [-0.2, 0) is 9.53 Å². The van der Waals surface area contributed by atoms with Gasteiger partial charge in [0.2, 0.25) is 0 Å². The minimum Gasteiger partial charge on any atom is -0.496 e. The summed E-state index contributed by atoms with van der Waals surface area (Å²) in [5.41, 5.74) is 1.13. The summed E-state index contributed by atoms with van der Waals surface area (Å²) in [6.45, 7) is 5.91. The van der Waals surface area contributed by atoms with Crippen LogP contribution in [0.3, 0.4) is 0 Å². The maximum Gasteiger partial charge on any atom is 0.341 e. The normalized spacial score (nSPS) is 20.4. The van der Waals surface area contributed by atoms with Gasteiger partial charge in [0.1, 0.15) is 11.7 Å². The monoisotopic (exact) mass is 396 g/mol. The predicted octanol–water partition coefficient (Wildman–Crippen LogP) is 3.50. The van der Waals surface area contributed by atoms with Gasteiger partial charge in [-0.1, -0.05) is 29.8 Å². The van der Waals surface area contributed by atoms with Crippen molar-refractivity contribution in [2.75, 3.05) is 13.7 Å². The molecule has 7 heteroatoms. The Bertz CT molecular complexity index is 673. The highest BCUT2D eigenvalue weighted by molar-refractivity contribution is 9.10. The molecule has 0 aromatic heterocycles. The predicted molar refractivity (Wildman–Crippen MR) is 94.4 cm³/mol. The topological polar surface area (TPSA) is 77.0 Å². The lowest BCUT2D eigenvalue weighted by molar-refractivity contribution is -0.148. The Labute approximate surface area is 149 Å². The fourth-order valence-corrected chi connectivity index (χ4v) is 2.95. The maximum atomic E-state index is 12.6. The molecule has 2 atom stereocenters. The number of hydrogen-bond donors (Lipinski definition) is 1. The molecule has 1 aliphatic heterocycles. The lowest BCUT2D eigenvalue weighted by Crippen LogP contribution is -2.44. The number of carbonyl (C=O) groups is 2. The summed E-state index contributed by atoms with van der Waals surface area (Å²) < 4.78 is 11.6. The molecule has 0 aliphatic carbocycles. The number of esters is 1. The molecule has 2 unspecified atom stereocenters. The highest BCUT2D eigenvalue weighted by Gasteiger charge is 2.39. The fourth-order valence-electron chi connectivity index (χ4n) is 2.57. The zero-order valence-corrected chi connectivity index (χ0v) is 15.7. The van der Waals surface area contributed by atoms with Gasteiger partial charge in [-0.25, -0.2) is 9.79 Å². The third kappa shape index (κ3) is 4.14. The number of nitrogens with one attached hydrogen (secondary N) is 1. The number of ether oxygens (including phenoxy) is 2. The number of hydrogen-bond acceptors (Lipinski definition) is 4. The molecule has 2 rings (SSSR count). The Morgan fingerprint density at radius 2 is 2.12 bits per heavy atom. The number of halogens is 1. The second-order valence-electron chi connectivity index (χ2n) is 6.07. The molecule has 1 N–H and O–H groups in total. The van der Waals surface area contributed by atoms with E-state index in [-0.39, 0.29) is 5.92 Å². The van der Waals surface area contributed by atoms with Crippen molar-refractivity contribution in [3.63, 3.8) is 0 Å². The smallest absolute Gasteiger partial charge is 0.341 e. The number of carbonyl (C=O) groups excluding carboxylic acids is 2. The Morgan fingerprint density at radius 1 is 1.42 bits per heavy atom. The number of benzene rings is 1. The minimum atomic E-state index is -0.690. The molecule has 0 bridgehead atoms. The van der Waals surface area contributed by atoms with E-state index in [0.29, 0.717) is 23.6 Å². The van der Waals surface area contributed by atoms with Crippen molar-refractivity contribution in [1.82, 2.24) is 5.32 Å². The number of amides is 2. The zero-order valence-electron chi connectivity index (χ0n) is 14.1. The van der Waals surface area contributed by atoms with Crippen molar-refractivity contribution in [2.45, 2.75) is 26.8 Å². The molecule has 1 aromatic rings. The minimum absolute atomic E-state index is 0.225. The first-order valence-electron chi connectivity index (χ1n) is 7.69. The number of nitrogens with zero attached hydrogens (tertiary/aromatic N) is 1. The van der Waals surface area contributed by atoms with Crippen molar-refractivity contribution in [3.05, 3.63) is 28.2 Å². The maximum absolute atomic E-state index is 12.6. The average molecular weight is 397 g/mol. The van der Waals surface area contributed by atoms with E-state index in [4.69, 9.17) is 9.47 Å². The molecule has 1 heterocycles. The first-order valence-corrected chi connectivity index (χ1v) is 8.48. The summed E-state index contributed by atoms with van der Waals surface area (Å²) in [4.78, 5) is 28.3.